The lowest BCUT2D eigenvalue weighted by Gasteiger charge is -2.11. The summed E-state index contributed by atoms with van der Waals surface area (Å²) in [4.78, 5) is 4.62. The molecule has 5 nitrogen and oxygen atoms in total. The van der Waals surface area contributed by atoms with E-state index in [1.807, 2.05) is 16.9 Å². The molecule has 0 unspecified atom stereocenters. The molecule has 0 saturated heterocycles. The van der Waals surface area contributed by atoms with Gasteiger partial charge in [0.15, 0.2) is 5.96 Å². The minimum atomic E-state index is 0. The van der Waals surface area contributed by atoms with E-state index in [0.717, 1.165) is 31.2 Å². The van der Waals surface area contributed by atoms with E-state index < -0.39 is 0 Å². The summed E-state index contributed by atoms with van der Waals surface area (Å²) < 4.78 is 1.86. The third-order valence-electron chi connectivity index (χ3n) is 3.76. The fraction of sp³-hybridized carbons (Fsp3) is 0.263. The summed E-state index contributed by atoms with van der Waals surface area (Å²) in [7, 11) is 0. The Hall–Kier alpha value is -1.87. The topological polar surface area (TPSA) is 54.2 Å². The Morgan fingerprint density at radius 3 is 2.65 bits per heavy atom. The second-order valence-electron chi connectivity index (χ2n) is 5.62. The van der Waals surface area contributed by atoms with Crippen LogP contribution in [0.5, 0.6) is 0 Å². The first-order valence-electron chi connectivity index (χ1n) is 8.47. The van der Waals surface area contributed by atoms with Crippen LogP contribution in [-0.4, -0.2) is 28.8 Å². The Kier molecular flexibility index (Phi) is 8.63. The highest BCUT2D eigenvalue weighted by atomic mass is 127. The second kappa shape index (κ2) is 11.0. The summed E-state index contributed by atoms with van der Waals surface area (Å²) in [5, 5.41) is 15.1. The van der Waals surface area contributed by atoms with Crippen molar-refractivity contribution in [1.82, 2.24) is 20.4 Å². The van der Waals surface area contributed by atoms with Gasteiger partial charge in [-0.15, -0.1) is 24.0 Å². The van der Waals surface area contributed by atoms with Gasteiger partial charge < -0.3 is 10.6 Å². The molecular formula is C19H24IN5S. The molecular weight excluding hydrogens is 457 g/mol. The van der Waals surface area contributed by atoms with Gasteiger partial charge in [0.1, 0.15) is 0 Å². The SMILES string of the molecule is CCNC(=NCc1ccsc1)NCCc1ccc(-n2cccn2)cc1.I. The first-order valence-corrected chi connectivity index (χ1v) is 9.41. The highest BCUT2D eigenvalue weighted by Crippen LogP contribution is 2.09. The quantitative estimate of drug-likeness (QED) is 0.306. The van der Waals surface area contributed by atoms with Gasteiger partial charge in [0, 0.05) is 25.5 Å². The van der Waals surface area contributed by atoms with E-state index in [2.05, 4.69) is 68.7 Å². The predicted molar refractivity (Wildman–Crippen MR) is 120 cm³/mol. The van der Waals surface area contributed by atoms with Crippen molar-refractivity contribution in [2.75, 3.05) is 13.1 Å². The molecule has 138 valence electrons. The van der Waals surface area contributed by atoms with Crippen molar-refractivity contribution < 1.29 is 0 Å². The molecule has 26 heavy (non-hydrogen) atoms. The number of rotatable bonds is 7. The first-order chi connectivity index (χ1) is 12.3. The number of nitrogens with one attached hydrogen (secondary N) is 2. The number of guanidine groups is 1. The van der Waals surface area contributed by atoms with Crippen molar-refractivity contribution in [3.8, 4) is 5.69 Å². The lowest BCUT2D eigenvalue weighted by molar-refractivity contribution is 0.799. The molecule has 0 aliphatic rings. The van der Waals surface area contributed by atoms with Crippen molar-refractivity contribution in [2.24, 2.45) is 4.99 Å². The number of aromatic nitrogens is 2. The summed E-state index contributed by atoms with van der Waals surface area (Å²) in [6.07, 6.45) is 4.68. The molecule has 7 heteroatoms. The molecule has 0 atom stereocenters. The molecule has 3 aromatic rings. The minimum absolute atomic E-state index is 0. The summed E-state index contributed by atoms with van der Waals surface area (Å²) in [6, 6.07) is 12.5. The molecule has 0 aliphatic carbocycles. The molecule has 0 spiro atoms. The highest BCUT2D eigenvalue weighted by Gasteiger charge is 2.00. The molecule has 0 aliphatic heterocycles. The maximum absolute atomic E-state index is 4.62. The highest BCUT2D eigenvalue weighted by molar-refractivity contribution is 14.0. The number of aliphatic imine (C=N–C) groups is 1. The lowest BCUT2D eigenvalue weighted by Crippen LogP contribution is -2.38. The third-order valence-corrected chi connectivity index (χ3v) is 4.49. The van der Waals surface area contributed by atoms with Crippen molar-refractivity contribution >= 4 is 41.3 Å². The predicted octanol–water partition coefficient (Wildman–Crippen LogP) is 3.85. The largest absolute Gasteiger partial charge is 0.357 e. The van der Waals surface area contributed by atoms with Crippen LogP contribution in [0.25, 0.3) is 5.69 Å². The van der Waals surface area contributed by atoms with Crippen molar-refractivity contribution in [3.63, 3.8) is 0 Å². The van der Waals surface area contributed by atoms with E-state index in [1.165, 1.54) is 11.1 Å². The van der Waals surface area contributed by atoms with Gasteiger partial charge in [0.25, 0.3) is 0 Å². The van der Waals surface area contributed by atoms with Crippen LogP contribution in [0.1, 0.15) is 18.1 Å². The summed E-state index contributed by atoms with van der Waals surface area (Å²) in [5.74, 6) is 0.863. The Morgan fingerprint density at radius 2 is 2.00 bits per heavy atom. The van der Waals surface area contributed by atoms with Crippen LogP contribution in [-0.2, 0) is 13.0 Å². The van der Waals surface area contributed by atoms with E-state index in [1.54, 1.807) is 17.5 Å². The third kappa shape index (κ3) is 6.14. The molecule has 1 aromatic carbocycles. The first kappa shape index (κ1) is 20.4. The normalized spacial score (nSPS) is 11.0. The zero-order chi connectivity index (χ0) is 17.3. The molecule has 0 amide bonds. The molecule has 0 saturated carbocycles. The number of thiophene rings is 1. The summed E-state index contributed by atoms with van der Waals surface area (Å²) in [5.41, 5.74) is 3.61. The molecule has 2 heterocycles. The van der Waals surface area contributed by atoms with Crippen LogP contribution in [0, 0.1) is 0 Å². The molecule has 0 radical (unpaired) electrons. The standard InChI is InChI=1S/C19H23N5S.HI/c1-2-20-19(22-14-17-9-13-25-15-17)21-11-8-16-4-6-18(7-5-16)24-12-3-10-23-24;/h3-7,9-10,12-13,15H,2,8,11,14H2,1H3,(H2,20,21,22);1H. The van der Waals surface area contributed by atoms with E-state index in [9.17, 15) is 0 Å². The zero-order valence-electron chi connectivity index (χ0n) is 14.8. The van der Waals surface area contributed by atoms with E-state index in [0.29, 0.717) is 6.54 Å². The lowest BCUT2D eigenvalue weighted by atomic mass is 10.1. The maximum atomic E-state index is 4.62. The van der Waals surface area contributed by atoms with Gasteiger partial charge in [0.05, 0.1) is 12.2 Å². The van der Waals surface area contributed by atoms with Crippen LogP contribution in [0.4, 0.5) is 0 Å². The second-order valence-corrected chi connectivity index (χ2v) is 6.40. The van der Waals surface area contributed by atoms with Gasteiger partial charge in [-0.05, 0) is 59.5 Å². The Morgan fingerprint density at radius 1 is 1.15 bits per heavy atom. The summed E-state index contributed by atoms with van der Waals surface area (Å²) >= 11 is 1.70. The van der Waals surface area contributed by atoms with Gasteiger partial charge >= 0.3 is 0 Å². The van der Waals surface area contributed by atoms with Gasteiger partial charge in [-0.25, -0.2) is 9.67 Å². The van der Waals surface area contributed by atoms with Gasteiger partial charge in [0.2, 0.25) is 0 Å². The molecule has 2 N–H and O–H groups in total. The fourth-order valence-electron chi connectivity index (χ4n) is 2.46. The van der Waals surface area contributed by atoms with Crippen LogP contribution in [0.15, 0.2) is 64.5 Å². The number of benzene rings is 1. The number of hydrogen-bond acceptors (Lipinski definition) is 3. The Bertz CT molecular complexity index is 767. The number of nitrogens with zero attached hydrogens (tertiary/aromatic N) is 3. The maximum Gasteiger partial charge on any atom is 0.191 e. The molecule has 0 fully saturated rings. The van der Waals surface area contributed by atoms with E-state index in [-0.39, 0.29) is 24.0 Å². The van der Waals surface area contributed by atoms with Crippen molar-refractivity contribution in [1.29, 1.82) is 0 Å². The van der Waals surface area contributed by atoms with Gasteiger partial charge in [-0.1, -0.05) is 12.1 Å². The minimum Gasteiger partial charge on any atom is -0.357 e. The smallest absolute Gasteiger partial charge is 0.191 e. The molecule has 0 bridgehead atoms. The number of hydrogen-bond donors (Lipinski definition) is 2. The van der Waals surface area contributed by atoms with Crippen LogP contribution >= 0.6 is 35.3 Å². The van der Waals surface area contributed by atoms with E-state index in [4.69, 9.17) is 0 Å². The molecule has 3 rings (SSSR count). The van der Waals surface area contributed by atoms with Crippen LogP contribution in [0.3, 0.4) is 0 Å². The van der Waals surface area contributed by atoms with Gasteiger partial charge in [-0.3, -0.25) is 0 Å². The monoisotopic (exact) mass is 481 g/mol. The van der Waals surface area contributed by atoms with Crippen LogP contribution < -0.4 is 10.6 Å². The number of halogens is 1. The zero-order valence-corrected chi connectivity index (χ0v) is 17.9. The van der Waals surface area contributed by atoms with Gasteiger partial charge in [-0.2, -0.15) is 16.4 Å². The Balaban J connectivity index is 0.00000243. The Labute approximate surface area is 175 Å². The van der Waals surface area contributed by atoms with E-state index >= 15 is 0 Å². The average molecular weight is 481 g/mol. The van der Waals surface area contributed by atoms with Crippen molar-refractivity contribution in [2.45, 2.75) is 19.9 Å². The molecule has 2 aromatic heterocycles. The fourth-order valence-corrected chi connectivity index (χ4v) is 3.12. The van der Waals surface area contributed by atoms with Crippen LogP contribution in [0.2, 0.25) is 0 Å². The summed E-state index contributed by atoms with van der Waals surface area (Å²) in [6.45, 7) is 4.48. The van der Waals surface area contributed by atoms with Crippen molar-refractivity contribution in [3.05, 3.63) is 70.7 Å². The average Bonchev–Trinajstić information content (AvgIpc) is 3.34.